The third kappa shape index (κ3) is 2.68. The van der Waals surface area contributed by atoms with E-state index in [2.05, 4.69) is 4.90 Å². The van der Waals surface area contributed by atoms with Gasteiger partial charge in [0.2, 0.25) is 0 Å². The molecule has 0 amide bonds. The topological polar surface area (TPSA) is 43.7 Å². The Hall–Kier alpha value is -0.900. The fraction of sp³-hybridized carbons (Fsp3) is 0.571. The second-order valence-corrected chi connectivity index (χ2v) is 5.35. The molecular formula is C14H21NO2. The summed E-state index contributed by atoms with van der Waals surface area (Å²) in [7, 11) is 0. The van der Waals surface area contributed by atoms with Crippen LogP contribution in [0.15, 0.2) is 30.3 Å². The van der Waals surface area contributed by atoms with E-state index >= 15 is 0 Å². The first-order chi connectivity index (χ1) is 8.01. The quantitative estimate of drug-likeness (QED) is 0.829. The molecule has 1 fully saturated rings. The number of nitrogens with zero attached hydrogens (tertiary/aromatic N) is 1. The molecule has 1 unspecified atom stereocenters. The molecule has 1 aliphatic rings. The molecule has 1 saturated heterocycles. The Balaban J connectivity index is 1.85. The van der Waals surface area contributed by atoms with Crippen molar-refractivity contribution >= 4 is 0 Å². The average molecular weight is 235 g/mol. The monoisotopic (exact) mass is 235 g/mol. The Labute approximate surface area is 103 Å². The number of hydrogen-bond acceptors (Lipinski definition) is 3. The van der Waals surface area contributed by atoms with Crippen LogP contribution in [0.4, 0.5) is 0 Å². The number of aliphatic hydroxyl groups is 2. The van der Waals surface area contributed by atoms with Crippen LogP contribution in [0.2, 0.25) is 0 Å². The standard InChI is InChI=1S/C14H21NO2/c1-11(2)14(17)9-15(10-14)8-13(16)12-6-4-3-5-7-12/h3-7,11,13,16-17H,8-10H2,1-2H3. The van der Waals surface area contributed by atoms with Crippen LogP contribution in [0, 0.1) is 5.92 Å². The van der Waals surface area contributed by atoms with Crippen molar-refractivity contribution in [3.05, 3.63) is 35.9 Å². The molecule has 3 heteroatoms. The zero-order valence-corrected chi connectivity index (χ0v) is 10.5. The lowest BCUT2D eigenvalue weighted by Gasteiger charge is -2.49. The molecule has 0 radical (unpaired) electrons. The highest BCUT2D eigenvalue weighted by Gasteiger charge is 2.43. The number of hydrogen-bond donors (Lipinski definition) is 2. The van der Waals surface area contributed by atoms with Crippen LogP contribution < -0.4 is 0 Å². The number of rotatable bonds is 4. The van der Waals surface area contributed by atoms with E-state index in [-0.39, 0.29) is 5.92 Å². The van der Waals surface area contributed by atoms with Crippen LogP contribution in [0.1, 0.15) is 25.5 Å². The molecule has 3 nitrogen and oxygen atoms in total. The Morgan fingerprint density at radius 3 is 2.35 bits per heavy atom. The van der Waals surface area contributed by atoms with Gasteiger partial charge in [0.05, 0.1) is 11.7 Å². The summed E-state index contributed by atoms with van der Waals surface area (Å²) < 4.78 is 0. The maximum Gasteiger partial charge on any atom is 0.0922 e. The zero-order valence-electron chi connectivity index (χ0n) is 10.5. The minimum atomic E-state index is -0.559. The number of benzene rings is 1. The van der Waals surface area contributed by atoms with E-state index in [1.54, 1.807) is 0 Å². The molecule has 2 N–H and O–H groups in total. The predicted octanol–water partition coefficient (Wildman–Crippen LogP) is 1.42. The van der Waals surface area contributed by atoms with Crippen molar-refractivity contribution in [2.75, 3.05) is 19.6 Å². The summed E-state index contributed by atoms with van der Waals surface area (Å²) >= 11 is 0. The van der Waals surface area contributed by atoms with Gasteiger partial charge in [0.15, 0.2) is 0 Å². The average Bonchev–Trinajstić information content (AvgIpc) is 2.27. The Bertz CT molecular complexity index is 358. The lowest BCUT2D eigenvalue weighted by atomic mass is 9.83. The summed E-state index contributed by atoms with van der Waals surface area (Å²) in [6.45, 7) is 5.98. The first-order valence-electron chi connectivity index (χ1n) is 6.19. The van der Waals surface area contributed by atoms with Crippen LogP contribution in [-0.2, 0) is 0 Å². The molecule has 0 spiro atoms. The summed E-state index contributed by atoms with van der Waals surface area (Å²) in [5.41, 5.74) is 0.378. The normalized spacial score (nSPS) is 21.2. The highest BCUT2D eigenvalue weighted by molar-refractivity contribution is 5.18. The second-order valence-electron chi connectivity index (χ2n) is 5.35. The van der Waals surface area contributed by atoms with Crippen LogP contribution in [0.5, 0.6) is 0 Å². The van der Waals surface area contributed by atoms with Crippen molar-refractivity contribution in [3.8, 4) is 0 Å². The lowest BCUT2D eigenvalue weighted by molar-refractivity contribution is -0.136. The van der Waals surface area contributed by atoms with Crippen molar-refractivity contribution in [1.82, 2.24) is 4.90 Å². The molecular weight excluding hydrogens is 214 g/mol. The Morgan fingerprint density at radius 1 is 1.24 bits per heavy atom. The van der Waals surface area contributed by atoms with Gasteiger partial charge in [-0.15, -0.1) is 0 Å². The first-order valence-corrected chi connectivity index (χ1v) is 6.19. The third-order valence-electron chi connectivity index (χ3n) is 3.68. The molecule has 17 heavy (non-hydrogen) atoms. The van der Waals surface area contributed by atoms with Gasteiger partial charge >= 0.3 is 0 Å². The van der Waals surface area contributed by atoms with E-state index in [0.29, 0.717) is 19.6 Å². The highest BCUT2D eigenvalue weighted by atomic mass is 16.3. The fourth-order valence-electron chi connectivity index (χ4n) is 2.25. The number of likely N-dealkylation sites (tertiary alicyclic amines) is 1. The maximum absolute atomic E-state index is 10.1. The van der Waals surface area contributed by atoms with E-state index in [0.717, 1.165) is 5.56 Å². The van der Waals surface area contributed by atoms with Crippen molar-refractivity contribution in [3.63, 3.8) is 0 Å². The van der Waals surface area contributed by atoms with Crippen LogP contribution in [-0.4, -0.2) is 40.3 Å². The van der Waals surface area contributed by atoms with Gasteiger partial charge in [-0.3, -0.25) is 4.90 Å². The number of β-amino-alcohol motifs (C(OH)–C–C–N with tert-alkyl or cyclic N) is 2. The van der Waals surface area contributed by atoms with Crippen LogP contribution >= 0.6 is 0 Å². The molecule has 1 aromatic rings. The minimum absolute atomic E-state index is 0.271. The summed E-state index contributed by atoms with van der Waals surface area (Å²) in [6.07, 6.45) is -0.465. The van der Waals surface area contributed by atoms with Gasteiger partial charge in [0.1, 0.15) is 0 Å². The van der Waals surface area contributed by atoms with Gasteiger partial charge < -0.3 is 10.2 Å². The lowest BCUT2D eigenvalue weighted by Crippen LogP contribution is -2.64. The van der Waals surface area contributed by atoms with Gasteiger partial charge in [0, 0.05) is 19.6 Å². The van der Waals surface area contributed by atoms with E-state index in [1.165, 1.54) is 0 Å². The first kappa shape index (κ1) is 12.6. The van der Waals surface area contributed by atoms with E-state index < -0.39 is 11.7 Å². The predicted molar refractivity (Wildman–Crippen MR) is 67.6 cm³/mol. The molecule has 1 atom stereocenters. The molecule has 0 bridgehead atoms. The Kier molecular flexibility index (Phi) is 3.52. The van der Waals surface area contributed by atoms with Crippen LogP contribution in [0.3, 0.4) is 0 Å². The molecule has 0 saturated carbocycles. The summed E-state index contributed by atoms with van der Waals surface area (Å²) in [6, 6.07) is 9.66. The molecule has 2 rings (SSSR count). The minimum Gasteiger partial charge on any atom is -0.387 e. The van der Waals surface area contributed by atoms with Gasteiger partial charge in [-0.05, 0) is 11.5 Å². The fourth-order valence-corrected chi connectivity index (χ4v) is 2.25. The Morgan fingerprint density at radius 2 is 1.82 bits per heavy atom. The zero-order chi connectivity index (χ0) is 12.5. The molecule has 0 aromatic heterocycles. The second kappa shape index (κ2) is 4.77. The van der Waals surface area contributed by atoms with Crippen molar-refractivity contribution < 1.29 is 10.2 Å². The maximum atomic E-state index is 10.1. The number of aliphatic hydroxyl groups excluding tert-OH is 1. The largest absolute Gasteiger partial charge is 0.387 e. The van der Waals surface area contributed by atoms with Crippen molar-refractivity contribution in [1.29, 1.82) is 0 Å². The van der Waals surface area contributed by atoms with Gasteiger partial charge in [-0.1, -0.05) is 44.2 Å². The summed E-state index contributed by atoms with van der Waals surface area (Å²) in [5.74, 6) is 0.271. The van der Waals surface area contributed by atoms with Gasteiger partial charge in [-0.2, -0.15) is 0 Å². The molecule has 94 valence electrons. The summed E-state index contributed by atoms with van der Waals surface area (Å²) in [4.78, 5) is 2.09. The molecule has 1 aliphatic heterocycles. The summed E-state index contributed by atoms with van der Waals surface area (Å²) in [5, 5.41) is 20.2. The molecule has 1 aromatic carbocycles. The van der Waals surface area contributed by atoms with E-state index in [9.17, 15) is 10.2 Å². The van der Waals surface area contributed by atoms with Gasteiger partial charge in [-0.25, -0.2) is 0 Å². The van der Waals surface area contributed by atoms with Crippen molar-refractivity contribution in [2.45, 2.75) is 25.6 Å². The van der Waals surface area contributed by atoms with E-state index in [1.807, 2.05) is 44.2 Å². The molecule has 1 heterocycles. The SMILES string of the molecule is CC(C)C1(O)CN(CC(O)c2ccccc2)C1. The van der Waals surface area contributed by atoms with Crippen molar-refractivity contribution in [2.24, 2.45) is 5.92 Å². The highest BCUT2D eigenvalue weighted by Crippen LogP contribution is 2.30. The molecule has 0 aliphatic carbocycles. The smallest absolute Gasteiger partial charge is 0.0922 e. The van der Waals surface area contributed by atoms with E-state index in [4.69, 9.17) is 0 Å². The van der Waals surface area contributed by atoms with Crippen LogP contribution in [0.25, 0.3) is 0 Å². The third-order valence-corrected chi connectivity index (χ3v) is 3.68. The van der Waals surface area contributed by atoms with Gasteiger partial charge in [0.25, 0.3) is 0 Å².